The fraction of sp³-hybridized carbons (Fsp3) is 0.533. The highest BCUT2D eigenvalue weighted by atomic mass is 16.1. The van der Waals surface area contributed by atoms with E-state index in [1.807, 2.05) is 19.9 Å². The van der Waals surface area contributed by atoms with Crippen molar-refractivity contribution in [2.24, 2.45) is 4.99 Å². The molecule has 1 saturated carbocycles. The van der Waals surface area contributed by atoms with Crippen LogP contribution in [0.4, 0.5) is 0 Å². The fourth-order valence-corrected chi connectivity index (χ4v) is 2.82. The van der Waals surface area contributed by atoms with Gasteiger partial charge in [-0.1, -0.05) is 37.1 Å². The fourth-order valence-electron chi connectivity index (χ4n) is 2.82. The predicted molar refractivity (Wildman–Crippen MR) is 68.8 cm³/mol. The summed E-state index contributed by atoms with van der Waals surface area (Å²) in [5, 5.41) is 0. The van der Waals surface area contributed by atoms with Gasteiger partial charge in [0, 0.05) is 0 Å². The molecule has 1 aromatic carbocycles. The van der Waals surface area contributed by atoms with E-state index in [0.717, 1.165) is 0 Å². The summed E-state index contributed by atoms with van der Waals surface area (Å²) in [6, 6.07) is 8.38. The van der Waals surface area contributed by atoms with Gasteiger partial charge < -0.3 is 0 Å². The van der Waals surface area contributed by atoms with Crippen LogP contribution in [0.5, 0.6) is 0 Å². The summed E-state index contributed by atoms with van der Waals surface area (Å²) in [6.45, 7) is 3.96. The Kier molecular flexibility index (Phi) is 3.44. The quantitative estimate of drug-likeness (QED) is 0.570. The predicted octanol–water partition coefficient (Wildman–Crippen LogP) is 3.92. The molecule has 0 unspecified atom stereocenters. The number of isocyanates is 1. The van der Waals surface area contributed by atoms with Gasteiger partial charge >= 0.3 is 0 Å². The van der Waals surface area contributed by atoms with Crippen molar-refractivity contribution in [2.75, 3.05) is 0 Å². The van der Waals surface area contributed by atoms with Crippen LogP contribution in [0.15, 0.2) is 29.3 Å². The van der Waals surface area contributed by atoms with Gasteiger partial charge in [0.2, 0.25) is 6.08 Å². The van der Waals surface area contributed by atoms with E-state index in [1.165, 1.54) is 36.8 Å². The first-order valence-corrected chi connectivity index (χ1v) is 6.33. The van der Waals surface area contributed by atoms with E-state index in [0.29, 0.717) is 5.92 Å². The highest BCUT2D eigenvalue weighted by Gasteiger charge is 2.27. The van der Waals surface area contributed by atoms with Crippen LogP contribution in [0.2, 0.25) is 0 Å². The molecule has 17 heavy (non-hydrogen) atoms. The second kappa shape index (κ2) is 4.85. The number of carbonyl (C=O) groups excluding carboxylic acids is 1. The van der Waals surface area contributed by atoms with Crippen LogP contribution in [0.3, 0.4) is 0 Å². The third-order valence-corrected chi connectivity index (χ3v) is 3.74. The molecule has 0 amide bonds. The summed E-state index contributed by atoms with van der Waals surface area (Å²) in [5.74, 6) is 0.646. The Morgan fingerprint density at radius 3 is 2.53 bits per heavy atom. The molecule has 1 aliphatic carbocycles. The van der Waals surface area contributed by atoms with Crippen LogP contribution in [-0.2, 0) is 10.3 Å². The molecule has 0 aromatic heterocycles. The third-order valence-electron chi connectivity index (χ3n) is 3.74. The van der Waals surface area contributed by atoms with Gasteiger partial charge in [-0.2, -0.15) is 4.99 Å². The molecule has 1 fully saturated rings. The Labute approximate surface area is 103 Å². The number of benzene rings is 1. The Morgan fingerprint density at radius 1 is 1.24 bits per heavy atom. The Hall–Kier alpha value is -1.40. The van der Waals surface area contributed by atoms with Crippen molar-refractivity contribution in [2.45, 2.75) is 51.0 Å². The lowest BCUT2D eigenvalue weighted by atomic mass is 9.84. The molecule has 0 aliphatic heterocycles. The summed E-state index contributed by atoms with van der Waals surface area (Å²) in [6.07, 6.45) is 6.85. The zero-order chi connectivity index (χ0) is 12.3. The lowest BCUT2D eigenvalue weighted by molar-refractivity contribution is 0.515. The molecule has 0 spiro atoms. The van der Waals surface area contributed by atoms with Crippen LogP contribution >= 0.6 is 0 Å². The second-order valence-electron chi connectivity index (χ2n) is 5.33. The molecule has 2 nitrogen and oxygen atoms in total. The molecule has 0 N–H and O–H groups in total. The van der Waals surface area contributed by atoms with Gasteiger partial charge in [0.05, 0.1) is 5.54 Å². The summed E-state index contributed by atoms with van der Waals surface area (Å²) in [5.41, 5.74) is 2.09. The first kappa shape index (κ1) is 12.1. The van der Waals surface area contributed by atoms with Crippen molar-refractivity contribution in [1.82, 2.24) is 0 Å². The van der Waals surface area contributed by atoms with Crippen molar-refractivity contribution < 1.29 is 4.79 Å². The maximum atomic E-state index is 10.5. The molecule has 0 heterocycles. The molecule has 0 radical (unpaired) electrons. The first-order valence-electron chi connectivity index (χ1n) is 6.33. The van der Waals surface area contributed by atoms with Gasteiger partial charge in [-0.05, 0) is 43.7 Å². The highest BCUT2D eigenvalue weighted by molar-refractivity contribution is 5.41. The Balaban J connectivity index is 2.42. The molecule has 2 heteroatoms. The smallest absolute Gasteiger partial charge is 0.211 e. The van der Waals surface area contributed by atoms with Crippen LogP contribution < -0.4 is 0 Å². The van der Waals surface area contributed by atoms with Crippen molar-refractivity contribution >= 4 is 6.08 Å². The zero-order valence-electron chi connectivity index (χ0n) is 10.6. The topological polar surface area (TPSA) is 29.4 Å². The monoisotopic (exact) mass is 229 g/mol. The minimum Gasteiger partial charge on any atom is -0.211 e. The number of nitrogens with zero attached hydrogens (tertiary/aromatic N) is 1. The number of aliphatic imine (C=N–C) groups is 1. The van der Waals surface area contributed by atoms with Gasteiger partial charge in [0.1, 0.15) is 0 Å². The minimum atomic E-state index is -0.457. The average molecular weight is 229 g/mol. The van der Waals surface area contributed by atoms with E-state index in [1.54, 1.807) is 6.08 Å². The average Bonchev–Trinajstić information content (AvgIpc) is 2.82. The van der Waals surface area contributed by atoms with Crippen LogP contribution in [0.1, 0.15) is 56.6 Å². The van der Waals surface area contributed by atoms with E-state index in [-0.39, 0.29) is 0 Å². The van der Waals surface area contributed by atoms with Crippen molar-refractivity contribution in [3.05, 3.63) is 35.4 Å². The third kappa shape index (κ3) is 2.48. The normalized spacial score (nSPS) is 16.8. The van der Waals surface area contributed by atoms with E-state index in [9.17, 15) is 4.79 Å². The van der Waals surface area contributed by atoms with E-state index < -0.39 is 5.54 Å². The van der Waals surface area contributed by atoms with E-state index in [4.69, 9.17) is 0 Å². The molecule has 1 aromatic rings. The number of hydrogen-bond acceptors (Lipinski definition) is 2. The molecule has 0 saturated heterocycles. The molecule has 0 bridgehead atoms. The van der Waals surface area contributed by atoms with Gasteiger partial charge in [0.25, 0.3) is 0 Å². The van der Waals surface area contributed by atoms with Gasteiger partial charge in [0.15, 0.2) is 0 Å². The molecular weight excluding hydrogens is 210 g/mol. The summed E-state index contributed by atoms with van der Waals surface area (Å²) >= 11 is 0. The van der Waals surface area contributed by atoms with Gasteiger partial charge in [-0.3, -0.25) is 0 Å². The molecule has 2 rings (SSSR count). The summed E-state index contributed by atoms with van der Waals surface area (Å²) in [7, 11) is 0. The largest absolute Gasteiger partial charge is 0.235 e. The maximum Gasteiger partial charge on any atom is 0.235 e. The maximum absolute atomic E-state index is 10.5. The van der Waals surface area contributed by atoms with E-state index >= 15 is 0 Å². The molecular formula is C15H19NO. The Bertz CT molecular complexity index is 438. The van der Waals surface area contributed by atoms with Crippen LogP contribution in [-0.4, -0.2) is 6.08 Å². The van der Waals surface area contributed by atoms with Crippen LogP contribution in [0.25, 0.3) is 0 Å². The van der Waals surface area contributed by atoms with Crippen molar-refractivity contribution in [3.8, 4) is 0 Å². The lowest BCUT2D eigenvalue weighted by Gasteiger charge is -2.24. The highest BCUT2D eigenvalue weighted by Crippen LogP contribution is 2.39. The first-order chi connectivity index (χ1) is 8.15. The molecule has 1 aliphatic rings. The standard InChI is InChI=1S/C15H19NO/c1-15(2,16-11-17)14-10-6-5-9-13(14)12-7-3-4-8-12/h5-6,9-10,12H,3-4,7-8H2,1-2H3. The minimum absolute atomic E-state index is 0.457. The van der Waals surface area contributed by atoms with Crippen molar-refractivity contribution in [1.29, 1.82) is 0 Å². The van der Waals surface area contributed by atoms with E-state index in [2.05, 4.69) is 23.2 Å². The van der Waals surface area contributed by atoms with Gasteiger partial charge in [-0.25, -0.2) is 4.79 Å². The molecule has 90 valence electrons. The summed E-state index contributed by atoms with van der Waals surface area (Å²) in [4.78, 5) is 14.5. The summed E-state index contributed by atoms with van der Waals surface area (Å²) < 4.78 is 0. The van der Waals surface area contributed by atoms with Crippen molar-refractivity contribution in [3.63, 3.8) is 0 Å². The second-order valence-corrected chi connectivity index (χ2v) is 5.33. The number of rotatable bonds is 3. The molecule has 0 atom stereocenters. The zero-order valence-corrected chi connectivity index (χ0v) is 10.6. The van der Waals surface area contributed by atoms with Gasteiger partial charge in [-0.15, -0.1) is 0 Å². The Morgan fingerprint density at radius 2 is 1.88 bits per heavy atom. The SMILES string of the molecule is CC(C)(N=C=O)c1ccccc1C1CCCC1. The van der Waals surface area contributed by atoms with Crippen LogP contribution in [0, 0.1) is 0 Å². The lowest BCUT2D eigenvalue weighted by Crippen LogP contribution is -2.17. The number of hydrogen-bond donors (Lipinski definition) is 0.